The Balaban J connectivity index is 1.95. The van der Waals surface area contributed by atoms with Gasteiger partial charge in [0.2, 0.25) is 0 Å². The average Bonchev–Trinajstić information content (AvgIpc) is 2.19. The minimum atomic E-state index is -0.00280. The summed E-state index contributed by atoms with van der Waals surface area (Å²) in [6.07, 6.45) is 3.76. The molecule has 0 aromatic carbocycles. The molecule has 2 saturated heterocycles. The minimum absolute atomic E-state index is 0.00280. The van der Waals surface area contributed by atoms with E-state index in [-0.39, 0.29) is 5.60 Å². The average molecular weight is 185 g/mol. The van der Waals surface area contributed by atoms with Crippen LogP contribution in [0, 0.1) is 0 Å². The molecular formula is C10H19NO2. The van der Waals surface area contributed by atoms with Crippen LogP contribution in [0.5, 0.6) is 0 Å². The second kappa shape index (κ2) is 3.95. The van der Waals surface area contributed by atoms with E-state index in [1.165, 1.54) is 0 Å². The molecule has 2 fully saturated rings. The Morgan fingerprint density at radius 1 is 1.54 bits per heavy atom. The van der Waals surface area contributed by atoms with Crippen LogP contribution in [0.25, 0.3) is 0 Å². The van der Waals surface area contributed by atoms with Crippen LogP contribution in [0.2, 0.25) is 0 Å². The van der Waals surface area contributed by atoms with Crippen molar-refractivity contribution in [1.29, 1.82) is 0 Å². The third kappa shape index (κ3) is 2.03. The van der Waals surface area contributed by atoms with Gasteiger partial charge in [-0.05, 0) is 19.3 Å². The summed E-state index contributed by atoms with van der Waals surface area (Å²) in [5.41, 5.74) is -0.00280. The number of ether oxygens (including phenoxy) is 2. The minimum Gasteiger partial charge on any atom is -0.378 e. The Morgan fingerprint density at radius 2 is 2.46 bits per heavy atom. The van der Waals surface area contributed by atoms with Crippen molar-refractivity contribution in [2.24, 2.45) is 0 Å². The van der Waals surface area contributed by atoms with Crippen molar-refractivity contribution in [2.75, 3.05) is 26.3 Å². The fourth-order valence-corrected chi connectivity index (χ4v) is 2.18. The first-order valence-electron chi connectivity index (χ1n) is 5.31. The standard InChI is InChI=1S/C10H19NO2/c1-2-9-6-11-7-10(13-9)4-3-5-12-8-10/h9,11H,2-8H2,1H3/t9-,10-/m1/s1. The summed E-state index contributed by atoms with van der Waals surface area (Å²) < 4.78 is 11.6. The fraction of sp³-hybridized carbons (Fsp3) is 1.00. The van der Waals surface area contributed by atoms with Gasteiger partial charge < -0.3 is 14.8 Å². The first-order chi connectivity index (χ1) is 6.35. The van der Waals surface area contributed by atoms with Crippen molar-refractivity contribution < 1.29 is 9.47 Å². The second-order valence-electron chi connectivity index (χ2n) is 4.12. The van der Waals surface area contributed by atoms with Crippen LogP contribution in [-0.4, -0.2) is 38.0 Å². The second-order valence-corrected chi connectivity index (χ2v) is 4.12. The smallest absolute Gasteiger partial charge is 0.104 e. The van der Waals surface area contributed by atoms with E-state index < -0.39 is 0 Å². The molecule has 0 aromatic heterocycles. The van der Waals surface area contributed by atoms with Gasteiger partial charge in [0, 0.05) is 19.7 Å². The van der Waals surface area contributed by atoms with Crippen LogP contribution in [0.1, 0.15) is 26.2 Å². The number of nitrogens with one attached hydrogen (secondary N) is 1. The normalized spacial score (nSPS) is 40.8. The number of rotatable bonds is 1. The maximum Gasteiger partial charge on any atom is 0.104 e. The molecule has 3 heteroatoms. The van der Waals surface area contributed by atoms with Crippen LogP contribution in [0.3, 0.4) is 0 Å². The monoisotopic (exact) mass is 185 g/mol. The zero-order valence-corrected chi connectivity index (χ0v) is 8.34. The molecule has 13 heavy (non-hydrogen) atoms. The third-order valence-corrected chi connectivity index (χ3v) is 2.98. The van der Waals surface area contributed by atoms with Gasteiger partial charge in [0.1, 0.15) is 5.60 Å². The highest BCUT2D eigenvalue weighted by Gasteiger charge is 2.38. The summed E-state index contributed by atoms with van der Waals surface area (Å²) in [4.78, 5) is 0. The molecule has 2 rings (SSSR count). The van der Waals surface area contributed by atoms with Crippen LogP contribution >= 0.6 is 0 Å². The maximum absolute atomic E-state index is 6.08. The van der Waals surface area contributed by atoms with E-state index in [4.69, 9.17) is 9.47 Å². The lowest BCUT2D eigenvalue weighted by Crippen LogP contribution is -2.57. The fourth-order valence-electron chi connectivity index (χ4n) is 2.18. The van der Waals surface area contributed by atoms with Gasteiger partial charge in [-0.2, -0.15) is 0 Å². The molecule has 1 N–H and O–H groups in total. The van der Waals surface area contributed by atoms with Gasteiger partial charge >= 0.3 is 0 Å². The summed E-state index contributed by atoms with van der Waals surface area (Å²) >= 11 is 0. The van der Waals surface area contributed by atoms with E-state index in [9.17, 15) is 0 Å². The Kier molecular flexibility index (Phi) is 2.86. The first kappa shape index (κ1) is 9.44. The van der Waals surface area contributed by atoms with Gasteiger partial charge in [-0.1, -0.05) is 6.92 Å². The number of hydrogen-bond donors (Lipinski definition) is 1. The van der Waals surface area contributed by atoms with Gasteiger partial charge in [0.15, 0.2) is 0 Å². The zero-order valence-electron chi connectivity index (χ0n) is 8.34. The number of morpholine rings is 1. The van der Waals surface area contributed by atoms with Gasteiger partial charge in [-0.25, -0.2) is 0 Å². The third-order valence-electron chi connectivity index (χ3n) is 2.98. The van der Waals surface area contributed by atoms with E-state index in [0.29, 0.717) is 6.10 Å². The summed E-state index contributed by atoms with van der Waals surface area (Å²) in [7, 11) is 0. The molecule has 0 unspecified atom stereocenters. The molecule has 0 aliphatic carbocycles. The van der Waals surface area contributed by atoms with Crippen molar-refractivity contribution in [3.05, 3.63) is 0 Å². The van der Waals surface area contributed by atoms with E-state index >= 15 is 0 Å². The van der Waals surface area contributed by atoms with Gasteiger partial charge in [-0.3, -0.25) is 0 Å². The van der Waals surface area contributed by atoms with E-state index in [2.05, 4.69) is 12.2 Å². The summed E-state index contributed by atoms with van der Waals surface area (Å²) in [6, 6.07) is 0. The molecule has 0 amide bonds. The van der Waals surface area contributed by atoms with E-state index in [0.717, 1.165) is 45.6 Å². The maximum atomic E-state index is 6.08. The summed E-state index contributed by atoms with van der Waals surface area (Å²) in [5.74, 6) is 0. The Hall–Kier alpha value is -0.120. The molecule has 76 valence electrons. The SMILES string of the molecule is CC[C@@H]1CNC[C@@]2(CCCOC2)O1. The Labute approximate surface area is 79.8 Å². The van der Waals surface area contributed by atoms with Gasteiger partial charge in [0.25, 0.3) is 0 Å². The van der Waals surface area contributed by atoms with Crippen LogP contribution in [0.4, 0.5) is 0 Å². The van der Waals surface area contributed by atoms with Crippen molar-refractivity contribution in [1.82, 2.24) is 5.32 Å². The van der Waals surface area contributed by atoms with Crippen molar-refractivity contribution >= 4 is 0 Å². The molecule has 0 radical (unpaired) electrons. The molecule has 0 aromatic rings. The van der Waals surface area contributed by atoms with E-state index in [1.807, 2.05) is 0 Å². The molecule has 2 heterocycles. The highest BCUT2D eigenvalue weighted by molar-refractivity contribution is 4.90. The molecule has 0 saturated carbocycles. The summed E-state index contributed by atoms with van der Waals surface area (Å²) in [5, 5.41) is 3.44. The van der Waals surface area contributed by atoms with Gasteiger partial charge in [0.05, 0.1) is 12.7 Å². The molecule has 0 bridgehead atoms. The van der Waals surface area contributed by atoms with Crippen molar-refractivity contribution in [3.63, 3.8) is 0 Å². The molecule has 2 atom stereocenters. The lowest BCUT2D eigenvalue weighted by Gasteiger charge is -2.43. The van der Waals surface area contributed by atoms with Crippen LogP contribution in [0.15, 0.2) is 0 Å². The first-order valence-corrected chi connectivity index (χ1v) is 5.31. The predicted octanol–water partition coefficient (Wildman–Crippen LogP) is 0.934. The molecule has 3 nitrogen and oxygen atoms in total. The van der Waals surface area contributed by atoms with Gasteiger partial charge in [-0.15, -0.1) is 0 Å². The molecule has 2 aliphatic heterocycles. The predicted molar refractivity (Wildman–Crippen MR) is 50.8 cm³/mol. The number of hydrogen-bond acceptors (Lipinski definition) is 3. The largest absolute Gasteiger partial charge is 0.378 e. The molecule has 1 spiro atoms. The molecule has 2 aliphatic rings. The van der Waals surface area contributed by atoms with Crippen molar-refractivity contribution in [2.45, 2.75) is 37.9 Å². The highest BCUT2D eigenvalue weighted by atomic mass is 16.6. The lowest BCUT2D eigenvalue weighted by atomic mass is 9.94. The Bertz CT molecular complexity index is 161. The summed E-state index contributed by atoms with van der Waals surface area (Å²) in [6.45, 7) is 5.81. The highest BCUT2D eigenvalue weighted by Crippen LogP contribution is 2.27. The Morgan fingerprint density at radius 3 is 3.15 bits per heavy atom. The van der Waals surface area contributed by atoms with Crippen LogP contribution < -0.4 is 5.32 Å². The van der Waals surface area contributed by atoms with E-state index in [1.54, 1.807) is 0 Å². The zero-order chi connectivity index (χ0) is 9.15. The lowest BCUT2D eigenvalue weighted by molar-refractivity contribution is -0.173. The quantitative estimate of drug-likeness (QED) is 0.659. The molecular weight excluding hydrogens is 166 g/mol. The topological polar surface area (TPSA) is 30.5 Å². The van der Waals surface area contributed by atoms with Crippen LogP contribution in [-0.2, 0) is 9.47 Å². The van der Waals surface area contributed by atoms with Crippen molar-refractivity contribution in [3.8, 4) is 0 Å².